The third kappa shape index (κ3) is 3.28. The zero-order valence-electron chi connectivity index (χ0n) is 13.1. The van der Waals surface area contributed by atoms with Crippen molar-refractivity contribution >= 4 is 10.9 Å². The molecule has 0 radical (unpaired) electrons. The molecule has 0 unspecified atom stereocenters. The Morgan fingerprint density at radius 3 is 2.65 bits per heavy atom. The second-order valence-corrected chi connectivity index (χ2v) is 5.66. The molecule has 120 valence electrons. The van der Waals surface area contributed by atoms with Gasteiger partial charge >= 0.3 is 0 Å². The van der Waals surface area contributed by atoms with E-state index in [1.165, 1.54) is 12.1 Å². The first kappa shape index (κ1) is 15.7. The van der Waals surface area contributed by atoms with Gasteiger partial charge in [0.25, 0.3) is 0 Å². The van der Waals surface area contributed by atoms with Gasteiger partial charge < -0.3 is 15.0 Å². The van der Waals surface area contributed by atoms with Gasteiger partial charge in [-0.25, -0.2) is 4.39 Å². The van der Waals surface area contributed by atoms with Gasteiger partial charge in [0.2, 0.25) is 0 Å². The molecular formula is C19H21FN2O. The van der Waals surface area contributed by atoms with Crippen molar-refractivity contribution in [2.75, 3.05) is 13.1 Å². The lowest BCUT2D eigenvalue weighted by molar-refractivity contribution is 0.130. The van der Waals surface area contributed by atoms with E-state index in [9.17, 15) is 9.50 Å². The molecule has 0 aliphatic heterocycles. The molecule has 23 heavy (non-hydrogen) atoms. The Labute approximate surface area is 135 Å². The zero-order chi connectivity index (χ0) is 16.2. The maximum absolute atomic E-state index is 13.4. The highest BCUT2D eigenvalue weighted by Crippen LogP contribution is 2.28. The van der Waals surface area contributed by atoms with Gasteiger partial charge in [-0.05, 0) is 36.4 Å². The number of aromatic nitrogens is 1. The standard InChI is InChI=1S/C19H21FN2O/c1-2-21-13-18(23)19(14-6-4-3-5-7-14)22-11-10-15-12-16(20)8-9-17(15)22/h3-12,18-19,21,23H,2,13H2,1H3/t18-,19+/m1/s1. The Bertz CT molecular complexity index is 769. The van der Waals surface area contributed by atoms with Gasteiger partial charge in [0, 0.05) is 23.6 Å². The zero-order valence-corrected chi connectivity index (χ0v) is 13.1. The van der Waals surface area contributed by atoms with Crippen LogP contribution in [0.15, 0.2) is 60.8 Å². The number of rotatable bonds is 6. The van der Waals surface area contributed by atoms with E-state index in [2.05, 4.69) is 5.32 Å². The van der Waals surface area contributed by atoms with Gasteiger partial charge in [-0.1, -0.05) is 37.3 Å². The molecular weight excluding hydrogens is 291 g/mol. The molecule has 0 saturated heterocycles. The molecule has 1 heterocycles. The van der Waals surface area contributed by atoms with Crippen molar-refractivity contribution in [2.45, 2.75) is 19.1 Å². The lowest BCUT2D eigenvalue weighted by Crippen LogP contribution is -2.34. The van der Waals surface area contributed by atoms with Gasteiger partial charge in [0.1, 0.15) is 5.82 Å². The summed E-state index contributed by atoms with van der Waals surface area (Å²) in [6.07, 6.45) is 1.33. The quantitative estimate of drug-likeness (QED) is 0.732. The molecule has 3 aromatic rings. The number of benzene rings is 2. The second-order valence-electron chi connectivity index (χ2n) is 5.66. The summed E-state index contributed by atoms with van der Waals surface area (Å²) in [6, 6.07) is 16.3. The van der Waals surface area contributed by atoms with Crippen LogP contribution in [0.4, 0.5) is 4.39 Å². The minimum atomic E-state index is -0.585. The van der Waals surface area contributed by atoms with E-state index in [1.807, 2.05) is 54.1 Å². The number of likely N-dealkylation sites (N-methyl/N-ethyl adjacent to an activating group) is 1. The van der Waals surface area contributed by atoms with Gasteiger partial charge in [0.15, 0.2) is 0 Å². The predicted molar refractivity (Wildman–Crippen MR) is 91.0 cm³/mol. The lowest BCUT2D eigenvalue weighted by atomic mass is 10.0. The topological polar surface area (TPSA) is 37.2 Å². The minimum absolute atomic E-state index is 0.224. The summed E-state index contributed by atoms with van der Waals surface area (Å²) in [6.45, 7) is 3.31. The van der Waals surface area contributed by atoms with Crippen LogP contribution in [-0.4, -0.2) is 28.9 Å². The van der Waals surface area contributed by atoms with Gasteiger partial charge in [0.05, 0.1) is 12.1 Å². The van der Waals surface area contributed by atoms with Gasteiger partial charge in [-0.3, -0.25) is 0 Å². The summed E-state index contributed by atoms with van der Waals surface area (Å²) in [7, 11) is 0. The van der Waals surface area contributed by atoms with E-state index in [4.69, 9.17) is 0 Å². The Morgan fingerprint density at radius 2 is 1.91 bits per heavy atom. The average molecular weight is 312 g/mol. The Hall–Kier alpha value is -2.17. The molecule has 4 heteroatoms. The maximum atomic E-state index is 13.4. The molecule has 2 atom stereocenters. The van der Waals surface area contributed by atoms with Crippen molar-refractivity contribution in [3.05, 3.63) is 72.2 Å². The molecule has 0 amide bonds. The smallest absolute Gasteiger partial charge is 0.123 e. The van der Waals surface area contributed by atoms with Crippen molar-refractivity contribution in [2.24, 2.45) is 0 Å². The highest BCUT2D eigenvalue weighted by Gasteiger charge is 2.23. The third-order valence-corrected chi connectivity index (χ3v) is 4.09. The number of nitrogens with one attached hydrogen (secondary N) is 1. The Kier molecular flexibility index (Phi) is 4.74. The van der Waals surface area contributed by atoms with Crippen LogP contribution >= 0.6 is 0 Å². The van der Waals surface area contributed by atoms with Crippen LogP contribution in [0, 0.1) is 5.82 Å². The fourth-order valence-corrected chi connectivity index (χ4v) is 3.00. The van der Waals surface area contributed by atoms with Crippen LogP contribution in [0.25, 0.3) is 10.9 Å². The van der Waals surface area contributed by atoms with Crippen molar-refractivity contribution in [3.63, 3.8) is 0 Å². The average Bonchev–Trinajstić information content (AvgIpc) is 2.97. The minimum Gasteiger partial charge on any atom is -0.389 e. The van der Waals surface area contributed by atoms with Crippen molar-refractivity contribution in [1.82, 2.24) is 9.88 Å². The van der Waals surface area contributed by atoms with Crippen LogP contribution in [-0.2, 0) is 0 Å². The van der Waals surface area contributed by atoms with Crippen molar-refractivity contribution in [1.29, 1.82) is 0 Å². The largest absolute Gasteiger partial charge is 0.389 e. The maximum Gasteiger partial charge on any atom is 0.123 e. The number of halogens is 1. The molecule has 1 aromatic heterocycles. The number of hydrogen-bond acceptors (Lipinski definition) is 2. The molecule has 0 saturated carbocycles. The van der Waals surface area contributed by atoms with Crippen LogP contribution in [0.1, 0.15) is 18.5 Å². The molecule has 0 aliphatic rings. The number of hydrogen-bond donors (Lipinski definition) is 2. The molecule has 0 bridgehead atoms. The van der Waals surface area contributed by atoms with E-state index in [0.29, 0.717) is 6.54 Å². The number of aliphatic hydroxyl groups is 1. The van der Waals surface area contributed by atoms with Gasteiger partial charge in [-0.15, -0.1) is 0 Å². The molecule has 3 nitrogen and oxygen atoms in total. The Morgan fingerprint density at radius 1 is 1.13 bits per heavy atom. The normalized spacial score (nSPS) is 14.0. The highest BCUT2D eigenvalue weighted by atomic mass is 19.1. The first-order chi connectivity index (χ1) is 11.2. The molecule has 3 rings (SSSR count). The first-order valence-corrected chi connectivity index (χ1v) is 7.90. The number of aliphatic hydroxyl groups excluding tert-OH is 1. The number of fused-ring (bicyclic) bond motifs is 1. The highest BCUT2D eigenvalue weighted by molar-refractivity contribution is 5.80. The lowest BCUT2D eigenvalue weighted by Gasteiger charge is -2.26. The van der Waals surface area contributed by atoms with Crippen molar-refractivity contribution in [3.8, 4) is 0 Å². The van der Waals surface area contributed by atoms with Crippen LogP contribution in [0.5, 0.6) is 0 Å². The fraction of sp³-hybridized carbons (Fsp3) is 0.263. The summed E-state index contributed by atoms with van der Waals surface area (Å²) in [5, 5.41) is 14.8. The summed E-state index contributed by atoms with van der Waals surface area (Å²) in [4.78, 5) is 0. The van der Waals surface area contributed by atoms with Crippen molar-refractivity contribution < 1.29 is 9.50 Å². The van der Waals surface area contributed by atoms with Crippen LogP contribution in [0.3, 0.4) is 0 Å². The van der Waals surface area contributed by atoms with E-state index in [0.717, 1.165) is 23.0 Å². The van der Waals surface area contributed by atoms with E-state index in [-0.39, 0.29) is 11.9 Å². The second kappa shape index (κ2) is 6.94. The molecule has 2 N–H and O–H groups in total. The predicted octanol–water partition coefficient (Wildman–Crippen LogP) is 3.34. The van der Waals surface area contributed by atoms with Gasteiger partial charge in [-0.2, -0.15) is 0 Å². The first-order valence-electron chi connectivity index (χ1n) is 7.90. The third-order valence-electron chi connectivity index (χ3n) is 4.09. The van der Waals surface area contributed by atoms with E-state index in [1.54, 1.807) is 6.07 Å². The van der Waals surface area contributed by atoms with Crippen LogP contribution in [0.2, 0.25) is 0 Å². The fourth-order valence-electron chi connectivity index (χ4n) is 3.00. The molecule has 0 spiro atoms. The molecule has 0 fully saturated rings. The summed E-state index contributed by atoms with van der Waals surface area (Å²) in [5.74, 6) is -0.250. The summed E-state index contributed by atoms with van der Waals surface area (Å²) >= 11 is 0. The van der Waals surface area contributed by atoms with E-state index < -0.39 is 6.10 Å². The monoisotopic (exact) mass is 312 g/mol. The van der Waals surface area contributed by atoms with E-state index >= 15 is 0 Å². The number of nitrogens with zero attached hydrogens (tertiary/aromatic N) is 1. The summed E-state index contributed by atoms with van der Waals surface area (Å²) in [5.41, 5.74) is 1.94. The SMILES string of the molecule is CCNC[C@@H](O)[C@H](c1ccccc1)n1ccc2cc(F)ccc21. The summed E-state index contributed by atoms with van der Waals surface area (Å²) < 4.78 is 15.4. The molecule has 2 aromatic carbocycles. The molecule has 0 aliphatic carbocycles. The van der Waals surface area contributed by atoms with Crippen LogP contribution < -0.4 is 5.32 Å². The Balaban J connectivity index is 2.06.